The molecule has 1 amide bonds. The molecular formula is C24H28N4O4S. The molecule has 1 atom stereocenters. The van der Waals surface area contributed by atoms with Crippen molar-refractivity contribution in [3.05, 3.63) is 53.5 Å². The van der Waals surface area contributed by atoms with E-state index in [1.165, 1.54) is 11.3 Å². The van der Waals surface area contributed by atoms with Gasteiger partial charge in [0.1, 0.15) is 10.7 Å². The summed E-state index contributed by atoms with van der Waals surface area (Å²) in [4.78, 5) is 28.3. The van der Waals surface area contributed by atoms with Gasteiger partial charge < -0.3 is 19.7 Å². The third-order valence-corrected chi connectivity index (χ3v) is 6.54. The number of hydrogen-bond donors (Lipinski definition) is 1. The summed E-state index contributed by atoms with van der Waals surface area (Å²) in [5, 5.41) is 8.00. The van der Waals surface area contributed by atoms with Crippen LogP contribution >= 0.6 is 11.3 Å². The summed E-state index contributed by atoms with van der Waals surface area (Å²) in [6.07, 6.45) is 0.665. The van der Waals surface area contributed by atoms with Crippen molar-refractivity contribution < 1.29 is 19.1 Å². The fraction of sp³-hybridized carbons (Fsp3) is 0.375. The van der Waals surface area contributed by atoms with Gasteiger partial charge in [-0.05, 0) is 32.4 Å². The normalized spacial score (nSPS) is 14.8. The van der Waals surface area contributed by atoms with Gasteiger partial charge in [-0.3, -0.25) is 4.79 Å². The number of ether oxygens (including phenoxy) is 2. The van der Waals surface area contributed by atoms with E-state index in [9.17, 15) is 9.59 Å². The molecule has 1 aliphatic heterocycles. The minimum Gasteiger partial charge on any atom is -0.448 e. The predicted octanol–water partition coefficient (Wildman–Crippen LogP) is 4.21. The number of benzene rings is 1. The van der Waals surface area contributed by atoms with E-state index in [1.54, 1.807) is 23.9 Å². The summed E-state index contributed by atoms with van der Waals surface area (Å²) < 4.78 is 12.7. The first-order valence-corrected chi connectivity index (χ1v) is 11.8. The van der Waals surface area contributed by atoms with Crippen LogP contribution in [0.1, 0.15) is 36.5 Å². The molecule has 0 unspecified atom stereocenters. The van der Waals surface area contributed by atoms with Crippen LogP contribution in [0.2, 0.25) is 0 Å². The zero-order valence-electron chi connectivity index (χ0n) is 19.0. The van der Waals surface area contributed by atoms with Crippen molar-refractivity contribution in [1.29, 1.82) is 0 Å². The number of rotatable bonds is 7. The second-order valence-electron chi connectivity index (χ2n) is 8.09. The van der Waals surface area contributed by atoms with Gasteiger partial charge in [0, 0.05) is 30.8 Å². The molecule has 8 nitrogen and oxygen atoms in total. The smallest absolute Gasteiger partial charge is 0.349 e. The van der Waals surface area contributed by atoms with Crippen molar-refractivity contribution in [2.45, 2.75) is 32.9 Å². The van der Waals surface area contributed by atoms with E-state index < -0.39 is 18.0 Å². The SMILES string of the molecule is CC(C)n1nccc1NC(=O)[C@H](C)OC(=O)c1cc(-c2ccccc2)c(N2CCOCC2)s1. The Morgan fingerprint density at radius 2 is 1.85 bits per heavy atom. The van der Waals surface area contributed by atoms with Crippen LogP contribution in [0.3, 0.4) is 0 Å². The third kappa shape index (κ3) is 5.26. The van der Waals surface area contributed by atoms with Crippen LogP contribution in [0.15, 0.2) is 48.7 Å². The van der Waals surface area contributed by atoms with Crippen LogP contribution in [-0.2, 0) is 14.3 Å². The van der Waals surface area contributed by atoms with Crippen molar-refractivity contribution in [1.82, 2.24) is 9.78 Å². The fourth-order valence-corrected chi connectivity index (χ4v) is 4.75. The van der Waals surface area contributed by atoms with E-state index in [0.717, 1.165) is 29.2 Å². The Morgan fingerprint density at radius 3 is 2.55 bits per heavy atom. The Balaban J connectivity index is 1.51. The standard InChI is InChI=1S/C24H28N4O4S/c1-16(2)28-21(9-10-25-28)26-22(29)17(3)32-24(30)20-15-19(18-7-5-4-6-8-18)23(33-20)27-11-13-31-14-12-27/h4-10,15-17H,11-14H2,1-3H3,(H,26,29)/t17-/m0/s1. The first-order valence-electron chi connectivity index (χ1n) is 11.0. The molecule has 0 radical (unpaired) electrons. The Kier molecular flexibility index (Phi) is 7.10. The molecular weight excluding hydrogens is 440 g/mol. The van der Waals surface area contributed by atoms with E-state index >= 15 is 0 Å². The van der Waals surface area contributed by atoms with E-state index in [1.807, 2.05) is 50.2 Å². The minimum absolute atomic E-state index is 0.0919. The van der Waals surface area contributed by atoms with Crippen molar-refractivity contribution in [2.75, 3.05) is 36.5 Å². The van der Waals surface area contributed by atoms with Crippen molar-refractivity contribution in [3.63, 3.8) is 0 Å². The monoisotopic (exact) mass is 468 g/mol. The van der Waals surface area contributed by atoms with Gasteiger partial charge in [0.2, 0.25) is 0 Å². The first kappa shape index (κ1) is 23.0. The lowest BCUT2D eigenvalue weighted by atomic mass is 10.1. The highest BCUT2D eigenvalue weighted by Crippen LogP contribution is 2.39. The average Bonchev–Trinajstić information content (AvgIpc) is 3.48. The predicted molar refractivity (Wildman–Crippen MR) is 129 cm³/mol. The number of carbonyl (C=O) groups excluding carboxylic acids is 2. The maximum Gasteiger partial charge on any atom is 0.349 e. The van der Waals surface area contributed by atoms with E-state index in [4.69, 9.17) is 9.47 Å². The van der Waals surface area contributed by atoms with E-state index in [0.29, 0.717) is 23.9 Å². The van der Waals surface area contributed by atoms with E-state index in [-0.39, 0.29) is 6.04 Å². The molecule has 1 aliphatic rings. The molecule has 33 heavy (non-hydrogen) atoms. The van der Waals surface area contributed by atoms with Gasteiger partial charge in [-0.25, -0.2) is 9.48 Å². The van der Waals surface area contributed by atoms with Crippen LogP contribution in [-0.4, -0.2) is 54.1 Å². The fourth-order valence-electron chi connectivity index (χ4n) is 3.63. The quantitative estimate of drug-likeness (QED) is 0.523. The number of aromatic nitrogens is 2. The molecule has 0 spiro atoms. The van der Waals surface area contributed by atoms with Crippen molar-refractivity contribution >= 4 is 34.0 Å². The molecule has 4 rings (SSSR count). The Hall–Kier alpha value is -3.17. The lowest BCUT2D eigenvalue weighted by molar-refractivity contribution is -0.123. The van der Waals surface area contributed by atoms with Gasteiger partial charge >= 0.3 is 5.97 Å². The number of esters is 1. The minimum atomic E-state index is -0.956. The van der Waals surface area contributed by atoms with Crippen molar-refractivity contribution in [2.24, 2.45) is 0 Å². The van der Waals surface area contributed by atoms with Crippen LogP contribution in [0.25, 0.3) is 11.1 Å². The largest absolute Gasteiger partial charge is 0.448 e. The van der Waals surface area contributed by atoms with Gasteiger partial charge in [-0.1, -0.05) is 30.3 Å². The highest BCUT2D eigenvalue weighted by Gasteiger charge is 2.25. The number of morpholine rings is 1. The summed E-state index contributed by atoms with van der Waals surface area (Å²) in [6.45, 7) is 8.33. The van der Waals surface area contributed by atoms with Gasteiger partial charge in [0.25, 0.3) is 5.91 Å². The number of nitrogens with one attached hydrogen (secondary N) is 1. The molecule has 1 aromatic carbocycles. The number of thiophene rings is 1. The molecule has 1 N–H and O–H groups in total. The van der Waals surface area contributed by atoms with Gasteiger partial charge in [-0.15, -0.1) is 11.3 Å². The highest BCUT2D eigenvalue weighted by molar-refractivity contribution is 7.18. The molecule has 9 heteroatoms. The maximum absolute atomic E-state index is 13.0. The van der Waals surface area contributed by atoms with E-state index in [2.05, 4.69) is 15.3 Å². The second-order valence-corrected chi connectivity index (χ2v) is 9.12. The molecule has 174 valence electrons. The zero-order valence-corrected chi connectivity index (χ0v) is 19.8. The number of hydrogen-bond acceptors (Lipinski definition) is 7. The highest BCUT2D eigenvalue weighted by atomic mass is 32.1. The molecule has 1 saturated heterocycles. The molecule has 0 saturated carbocycles. The Morgan fingerprint density at radius 1 is 1.12 bits per heavy atom. The number of amides is 1. The van der Waals surface area contributed by atoms with Gasteiger partial charge in [0.05, 0.1) is 24.4 Å². The Bertz CT molecular complexity index is 1100. The van der Waals surface area contributed by atoms with Gasteiger partial charge in [-0.2, -0.15) is 5.10 Å². The summed E-state index contributed by atoms with van der Waals surface area (Å²) in [5.41, 5.74) is 2.01. The number of nitrogens with zero attached hydrogens (tertiary/aromatic N) is 3. The van der Waals surface area contributed by atoms with Crippen LogP contribution < -0.4 is 10.2 Å². The van der Waals surface area contributed by atoms with Crippen molar-refractivity contribution in [3.8, 4) is 11.1 Å². The Labute approximate surface area is 197 Å². The van der Waals surface area contributed by atoms with Crippen LogP contribution in [0.5, 0.6) is 0 Å². The first-order chi connectivity index (χ1) is 15.9. The third-order valence-electron chi connectivity index (χ3n) is 5.36. The maximum atomic E-state index is 13.0. The molecule has 2 aromatic heterocycles. The summed E-state index contributed by atoms with van der Waals surface area (Å²) in [5.74, 6) is -0.356. The second kappa shape index (κ2) is 10.2. The molecule has 3 aromatic rings. The van der Waals surface area contributed by atoms with Gasteiger partial charge in [0.15, 0.2) is 6.10 Å². The number of carbonyl (C=O) groups is 2. The average molecular weight is 469 g/mol. The summed E-state index contributed by atoms with van der Waals surface area (Å²) in [7, 11) is 0. The topological polar surface area (TPSA) is 85.7 Å². The summed E-state index contributed by atoms with van der Waals surface area (Å²) in [6, 6.07) is 13.6. The summed E-state index contributed by atoms with van der Waals surface area (Å²) >= 11 is 1.38. The molecule has 0 aliphatic carbocycles. The number of anilines is 2. The molecule has 0 bridgehead atoms. The molecule has 1 fully saturated rings. The van der Waals surface area contributed by atoms with Crippen LogP contribution in [0, 0.1) is 0 Å². The van der Waals surface area contributed by atoms with Crippen LogP contribution in [0.4, 0.5) is 10.8 Å². The lowest BCUT2D eigenvalue weighted by Gasteiger charge is -2.28. The zero-order chi connectivity index (χ0) is 23.4. The molecule has 3 heterocycles. The lowest BCUT2D eigenvalue weighted by Crippen LogP contribution is -2.35.